The predicted octanol–water partition coefficient (Wildman–Crippen LogP) is 13.1. The Morgan fingerprint density at radius 2 is 1.37 bits per heavy atom. The fourth-order valence-corrected chi connectivity index (χ4v) is 12.6. The molecule has 4 aromatic carbocycles. The molecule has 9 rings (SSSR count). The molecule has 2 fully saturated rings. The normalized spacial score (nSPS) is 20.5. The Balaban J connectivity index is 0.000000273. The SMILES string of the molecule is CC(C)[C@@H]1CC(=O)C(C)(C)/C=C/c2ccc3ccc(nc3c2)[C@@H](C)NC(=O)C2CCCN(N2)C(=O)[C@H](Cc2ccccc2)NC1=O.CC(C)[C@H](CC(=O)C(C)(C)/C=C/c1ccc2ccc([C@@H](C)NC(=O)OC(C)(C)C)nc2c1)C(=O)N[C@@H](Cc1ccccc1)C(=O)N1CCC[C@@H](C(=O)OCC(Cl)(Cl)Cl)N1. The standard InChI is InChI=1S/C44H56Cl3N5O7.C37H45N5O4/c1-27(2)32(38(54)50-36(24-29-13-10-9-11-14-29)39(55)52-22-12-15-34(51-52)40(56)58-26-44(45,46)47)25-37(53)43(7,8)21-20-30-16-17-31-18-19-33(49-35(31)23-30)28(3)48-41(57)59-42(4,5)6;1-23(2)28-22-33(43)37(4,5)18-17-26-13-14-27-15-16-29(39-31(27)20-26)24(3)38-35(45)30-12-9-19-42(41-30)36(46)32(40-34(28)44)21-25-10-7-6-8-11-25/h9-11,13-14,16-21,23,27-28,32,34,36,51H,12,15,22,24-26H2,1-8H3,(H,48,57)(H,50,54);6-8,10-11,13-18,20,23-24,28,30,32,41H,9,12,19,21-22H2,1-5H3,(H,38,45)(H,40,44)/b21-20+;18-17+/t28-,32+,34+,36+;24-,28+,30?,32+/m11/s1. The number of ketones is 2. The molecule has 6 aromatic rings. The third kappa shape index (κ3) is 24.0. The van der Waals surface area contributed by atoms with Gasteiger partial charge in [-0.2, -0.15) is 0 Å². The largest absolute Gasteiger partial charge is 0.460 e. The van der Waals surface area contributed by atoms with E-state index in [9.17, 15) is 43.2 Å². The number of aromatic nitrogens is 2. The Bertz CT molecular complexity index is 4160. The Morgan fingerprint density at radius 3 is 2.03 bits per heavy atom. The van der Waals surface area contributed by atoms with Gasteiger partial charge in [0, 0.05) is 72.2 Å². The maximum atomic E-state index is 14.1. The van der Waals surface area contributed by atoms with Crippen molar-refractivity contribution in [2.45, 2.75) is 187 Å². The number of fused-ring (bicyclic) bond motifs is 5. The number of hydrogen-bond donors (Lipinski definition) is 6. The second-order valence-electron chi connectivity index (χ2n) is 30.4. The molecule has 24 heteroatoms. The molecular weight excluding hydrogens is 1400 g/mol. The van der Waals surface area contributed by atoms with E-state index in [1.807, 2.05) is 201 Å². The summed E-state index contributed by atoms with van der Waals surface area (Å²) in [6.07, 6.45) is 9.46. The smallest absolute Gasteiger partial charge is 0.408 e. The summed E-state index contributed by atoms with van der Waals surface area (Å²) in [5.74, 6) is -4.36. The lowest BCUT2D eigenvalue weighted by Gasteiger charge is -2.36. The van der Waals surface area contributed by atoms with E-state index < -0.39 is 92.8 Å². The van der Waals surface area contributed by atoms with E-state index in [4.69, 9.17) is 54.2 Å². The zero-order valence-electron chi connectivity index (χ0n) is 62.3. The van der Waals surface area contributed by atoms with Crippen molar-refractivity contribution in [3.8, 4) is 0 Å². The van der Waals surface area contributed by atoms with Crippen molar-refractivity contribution in [1.82, 2.24) is 52.1 Å². The van der Waals surface area contributed by atoms with Crippen LogP contribution < -0.4 is 32.1 Å². The second kappa shape index (κ2) is 36.1. The zero-order chi connectivity index (χ0) is 76.7. The van der Waals surface area contributed by atoms with Gasteiger partial charge in [-0.3, -0.25) is 58.3 Å². The van der Waals surface area contributed by atoms with Crippen molar-refractivity contribution < 1.29 is 52.6 Å². The minimum atomic E-state index is -1.78. The molecule has 21 nitrogen and oxygen atoms in total. The number of carbonyl (C=O) groups excluding carboxylic acids is 9. The maximum Gasteiger partial charge on any atom is 0.408 e. The van der Waals surface area contributed by atoms with Crippen LogP contribution in [0.15, 0.2) is 133 Å². The average Bonchev–Trinajstić information content (AvgIpc) is 1.06. The molecule has 6 N–H and O–H groups in total. The molecule has 0 spiro atoms. The number of alkyl halides is 3. The predicted molar refractivity (Wildman–Crippen MR) is 411 cm³/mol. The number of amides is 6. The third-order valence-corrected chi connectivity index (χ3v) is 19.4. The number of rotatable bonds is 18. The van der Waals surface area contributed by atoms with E-state index in [0.29, 0.717) is 44.5 Å². The number of carbonyl (C=O) groups is 9. The number of ether oxygens (including phenoxy) is 2. The number of Topliss-reactive ketones (excluding diaryl/α,β-unsaturated/α-hetero) is 2. The van der Waals surface area contributed by atoms with Gasteiger partial charge in [0.15, 0.2) is 0 Å². The van der Waals surface area contributed by atoms with Crippen LogP contribution in [0.2, 0.25) is 0 Å². The van der Waals surface area contributed by atoms with Gasteiger partial charge in [0.2, 0.25) is 21.5 Å². The lowest BCUT2D eigenvalue weighted by molar-refractivity contribution is -0.153. The first kappa shape index (κ1) is 82.1. The number of hydrogen-bond acceptors (Lipinski definition) is 15. The molecule has 0 saturated carbocycles. The van der Waals surface area contributed by atoms with Crippen LogP contribution in [0, 0.1) is 34.5 Å². The number of nitrogens with zero attached hydrogens (tertiary/aromatic N) is 4. The molecular formula is C81H101Cl3N10O11. The number of esters is 1. The van der Waals surface area contributed by atoms with E-state index in [2.05, 4.69) is 32.1 Å². The van der Waals surface area contributed by atoms with Crippen molar-refractivity contribution in [2.75, 3.05) is 19.7 Å². The van der Waals surface area contributed by atoms with E-state index in [1.165, 1.54) is 10.0 Å². The van der Waals surface area contributed by atoms with Crippen LogP contribution in [0.25, 0.3) is 34.0 Å². The maximum absolute atomic E-state index is 14.1. The van der Waals surface area contributed by atoms with Crippen molar-refractivity contribution in [2.24, 2.45) is 34.5 Å². The molecule has 3 aliphatic heterocycles. The number of alkyl carbamates (subject to hydrolysis) is 1. The van der Waals surface area contributed by atoms with Crippen LogP contribution in [0.4, 0.5) is 4.79 Å². The molecule has 6 amide bonds. The van der Waals surface area contributed by atoms with Crippen LogP contribution in [0.1, 0.15) is 174 Å². The van der Waals surface area contributed by atoms with Gasteiger partial charge >= 0.3 is 12.1 Å². The summed E-state index contributed by atoms with van der Waals surface area (Å²) < 4.78 is 8.76. The Labute approximate surface area is 631 Å². The lowest BCUT2D eigenvalue weighted by Crippen LogP contribution is -2.62. The molecule has 5 bridgehead atoms. The van der Waals surface area contributed by atoms with E-state index in [0.717, 1.165) is 49.8 Å². The van der Waals surface area contributed by atoms with E-state index in [1.54, 1.807) is 34.6 Å². The van der Waals surface area contributed by atoms with Crippen molar-refractivity contribution in [1.29, 1.82) is 0 Å². The number of hydrazine groups is 2. The van der Waals surface area contributed by atoms with Gasteiger partial charge < -0.3 is 30.7 Å². The fourth-order valence-electron chi connectivity index (χ4n) is 12.5. The van der Waals surface area contributed by atoms with Gasteiger partial charge in [-0.1, -0.05) is 184 Å². The van der Waals surface area contributed by atoms with Crippen molar-refractivity contribution in [3.05, 3.63) is 167 Å². The van der Waals surface area contributed by atoms with Gasteiger partial charge in [-0.15, -0.1) is 0 Å². The summed E-state index contributed by atoms with van der Waals surface area (Å²) in [4.78, 5) is 132. The first-order chi connectivity index (χ1) is 49.4. The molecule has 5 heterocycles. The summed E-state index contributed by atoms with van der Waals surface area (Å²) >= 11 is 17.2. The first-order valence-electron chi connectivity index (χ1n) is 36.1. The quantitative estimate of drug-likeness (QED) is 0.0345. The molecule has 1 unspecified atom stereocenters. The Kier molecular flexibility index (Phi) is 28.2. The average molecular weight is 1500 g/mol. The van der Waals surface area contributed by atoms with Gasteiger partial charge in [0.25, 0.3) is 11.8 Å². The number of nitrogens with one attached hydrogen (secondary N) is 6. The molecule has 2 aromatic heterocycles. The summed E-state index contributed by atoms with van der Waals surface area (Å²) in [5.41, 5.74) is 9.98. The van der Waals surface area contributed by atoms with Crippen LogP contribution >= 0.6 is 34.8 Å². The summed E-state index contributed by atoms with van der Waals surface area (Å²) in [5, 5.41) is 16.5. The first-order valence-corrected chi connectivity index (χ1v) is 37.2. The Morgan fingerprint density at radius 1 is 0.733 bits per heavy atom. The molecule has 3 aliphatic rings. The lowest BCUT2D eigenvalue weighted by atomic mass is 9.79. The minimum absolute atomic E-state index is 0.0395. The highest BCUT2D eigenvalue weighted by molar-refractivity contribution is 6.67. The molecule has 0 radical (unpaired) electrons. The summed E-state index contributed by atoms with van der Waals surface area (Å²) in [6.45, 7) is 24.3. The van der Waals surface area contributed by atoms with E-state index in [-0.39, 0.29) is 72.8 Å². The molecule has 0 aliphatic carbocycles. The van der Waals surface area contributed by atoms with Gasteiger partial charge in [0.05, 0.1) is 34.5 Å². The highest BCUT2D eigenvalue weighted by Gasteiger charge is 2.40. The van der Waals surface area contributed by atoms with Gasteiger partial charge in [0.1, 0.15) is 47.9 Å². The van der Waals surface area contributed by atoms with Gasteiger partial charge in [-0.05, 0) is 146 Å². The van der Waals surface area contributed by atoms with Crippen LogP contribution in [-0.2, 0) is 60.7 Å². The summed E-state index contributed by atoms with van der Waals surface area (Å²) in [7, 11) is 0. The summed E-state index contributed by atoms with van der Waals surface area (Å²) in [6, 6.07) is 34.1. The number of pyridine rings is 2. The third-order valence-electron chi connectivity index (χ3n) is 19.0. The minimum Gasteiger partial charge on any atom is -0.460 e. The van der Waals surface area contributed by atoms with Crippen molar-refractivity contribution in [3.63, 3.8) is 0 Å². The van der Waals surface area contributed by atoms with Gasteiger partial charge in [-0.25, -0.2) is 15.6 Å². The molecule has 8 atom stereocenters. The number of allylic oxidation sites excluding steroid dienone is 2. The molecule has 105 heavy (non-hydrogen) atoms. The monoisotopic (exact) mass is 1490 g/mol. The topological polar surface area (TPSA) is 277 Å². The fraction of sp³-hybridized carbons (Fsp3) is 0.469. The Hall–Kier alpha value is -8.60. The number of halogens is 3. The highest BCUT2D eigenvalue weighted by atomic mass is 35.6. The van der Waals surface area contributed by atoms with E-state index >= 15 is 0 Å². The van der Waals surface area contributed by atoms with Crippen LogP contribution in [0.3, 0.4) is 0 Å². The highest BCUT2D eigenvalue weighted by Crippen LogP contribution is 2.32. The van der Waals surface area contributed by atoms with Crippen LogP contribution in [0.5, 0.6) is 0 Å². The molecule has 562 valence electrons. The second-order valence-corrected chi connectivity index (χ2v) is 32.9. The van der Waals surface area contributed by atoms with Crippen molar-refractivity contribution >= 4 is 122 Å². The number of benzene rings is 4. The zero-order valence-corrected chi connectivity index (χ0v) is 64.6. The molecule has 2 saturated heterocycles. The van der Waals surface area contributed by atoms with Crippen LogP contribution in [-0.4, -0.2) is 126 Å².